The Labute approximate surface area is 374 Å². The second-order valence-electron chi connectivity index (χ2n) is 17.5. The summed E-state index contributed by atoms with van der Waals surface area (Å²) in [6.45, 7) is 6.50. The van der Waals surface area contributed by atoms with Gasteiger partial charge in [0.15, 0.2) is 0 Å². The van der Waals surface area contributed by atoms with Gasteiger partial charge in [-0.25, -0.2) is 0 Å². The summed E-state index contributed by atoms with van der Waals surface area (Å²) in [5, 5.41) is 12.9. The van der Waals surface area contributed by atoms with Crippen LogP contribution in [0.3, 0.4) is 0 Å². The summed E-state index contributed by atoms with van der Waals surface area (Å²) in [7, 11) is 0. The molecule has 0 aromatic heterocycles. The van der Waals surface area contributed by atoms with Crippen LogP contribution in [0.25, 0.3) is 98.4 Å². The van der Waals surface area contributed by atoms with Crippen LogP contribution in [0.5, 0.6) is 0 Å². The van der Waals surface area contributed by atoms with E-state index in [2.05, 4.69) is 244 Å². The van der Waals surface area contributed by atoms with E-state index in [1.54, 1.807) is 0 Å². The standard InChI is InChI=1S/C63H45N/c1-40-15-29-51(30-16-40)64(52-31-17-41(2)18-32-52)53-33-25-47(26-34-53)61-55-11-4-6-13-57(55)62(58-14-7-5-12-56(58)61)50-38-42(3)37-49(39-50)43-19-21-44(22-20-43)54-35-27-48-24-23-45-9-8-10-46-28-36-59(54)63(48)60(45)46/h4-39H,1-3H3. The Balaban J connectivity index is 0.947. The van der Waals surface area contributed by atoms with Crippen molar-refractivity contribution < 1.29 is 0 Å². The second-order valence-corrected chi connectivity index (χ2v) is 17.5. The molecule has 0 aliphatic carbocycles. The Kier molecular flexibility index (Phi) is 8.91. The zero-order valence-electron chi connectivity index (χ0n) is 36.2. The lowest BCUT2D eigenvalue weighted by molar-refractivity contribution is 1.27. The van der Waals surface area contributed by atoms with E-state index in [0.717, 1.165) is 17.1 Å². The summed E-state index contributed by atoms with van der Waals surface area (Å²) in [5.41, 5.74) is 17.0. The molecule has 0 N–H and O–H groups in total. The third-order valence-electron chi connectivity index (χ3n) is 13.4. The van der Waals surface area contributed by atoms with Crippen LogP contribution in [0.15, 0.2) is 218 Å². The van der Waals surface area contributed by atoms with Crippen LogP contribution in [-0.4, -0.2) is 0 Å². The van der Waals surface area contributed by atoms with Crippen LogP contribution >= 0.6 is 0 Å². The molecular formula is C63H45N. The SMILES string of the molecule is Cc1ccc(N(c2ccc(C)cc2)c2ccc(-c3c4ccccc4c(-c4cc(C)cc(-c5ccc(-c6ccc7ccc8cccc9ccc6c7c89)cc5)c4)c4ccccc34)cc2)cc1. The van der Waals surface area contributed by atoms with Gasteiger partial charge in [-0.05, 0) is 167 Å². The predicted molar refractivity (Wildman–Crippen MR) is 276 cm³/mol. The fourth-order valence-electron chi connectivity index (χ4n) is 10.3. The molecule has 0 amide bonds. The number of fused-ring (bicyclic) bond motifs is 2. The highest BCUT2D eigenvalue weighted by Gasteiger charge is 2.19. The maximum absolute atomic E-state index is 2.39. The van der Waals surface area contributed by atoms with Crippen LogP contribution in [0.2, 0.25) is 0 Å². The quantitative estimate of drug-likeness (QED) is 0.114. The van der Waals surface area contributed by atoms with Gasteiger partial charge in [-0.15, -0.1) is 0 Å². The fourth-order valence-corrected chi connectivity index (χ4v) is 10.3. The molecule has 1 nitrogen and oxygen atoms in total. The van der Waals surface area contributed by atoms with E-state index in [-0.39, 0.29) is 0 Å². The van der Waals surface area contributed by atoms with E-state index in [1.165, 1.54) is 115 Å². The lowest BCUT2D eigenvalue weighted by Crippen LogP contribution is -2.09. The van der Waals surface area contributed by atoms with Gasteiger partial charge >= 0.3 is 0 Å². The number of hydrogen-bond acceptors (Lipinski definition) is 1. The summed E-state index contributed by atoms with van der Waals surface area (Å²) >= 11 is 0. The molecule has 64 heavy (non-hydrogen) atoms. The van der Waals surface area contributed by atoms with Crippen molar-refractivity contribution in [1.29, 1.82) is 0 Å². The van der Waals surface area contributed by atoms with E-state index >= 15 is 0 Å². The van der Waals surface area contributed by atoms with Gasteiger partial charge in [0, 0.05) is 17.1 Å². The van der Waals surface area contributed by atoms with Gasteiger partial charge in [-0.3, -0.25) is 0 Å². The number of hydrogen-bond donors (Lipinski definition) is 0. The first-order valence-electron chi connectivity index (χ1n) is 22.3. The summed E-state index contributed by atoms with van der Waals surface area (Å²) in [4.78, 5) is 2.34. The number of nitrogens with zero attached hydrogens (tertiary/aromatic N) is 1. The summed E-state index contributed by atoms with van der Waals surface area (Å²) < 4.78 is 0. The van der Waals surface area contributed by atoms with Crippen molar-refractivity contribution in [3.05, 3.63) is 235 Å². The van der Waals surface area contributed by atoms with E-state index in [0.29, 0.717) is 0 Å². The van der Waals surface area contributed by atoms with Crippen molar-refractivity contribution in [2.45, 2.75) is 20.8 Å². The number of anilines is 3. The fraction of sp³-hybridized carbons (Fsp3) is 0.0476. The molecule has 0 saturated heterocycles. The van der Waals surface area contributed by atoms with Gasteiger partial charge in [-0.2, -0.15) is 0 Å². The van der Waals surface area contributed by atoms with Crippen LogP contribution in [0.1, 0.15) is 16.7 Å². The second kappa shape index (κ2) is 15.1. The highest BCUT2D eigenvalue weighted by molar-refractivity contribution is 6.25. The topological polar surface area (TPSA) is 3.24 Å². The minimum atomic E-state index is 1.12. The molecule has 0 radical (unpaired) electrons. The highest BCUT2D eigenvalue weighted by atomic mass is 15.1. The van der Waals surface area contributed by atoms with Crippen LogP contribution < -0.4 is 4.90 Å². The summed E-state index contributed by atoms with van der Waals surface area (Å²) in [6, 6.07) is 81.2. The van der Waals surface area contributed by atoms with Crippen LogP contribution in [0, 0.1) is 20.8 Å². The van der Waals surface area contributed by atoms with Gasteiger partial charge in [0.05, 0.1) is 0 Å². The largest absolute Gasteiger partial charge is 0.311 e. The van der Waals surface area contributed by atoms with Crippen molar-refractivity contribution in [2.75, 3.05) is 4.90 Å². The molecule has 1 heteroatoms. The molecule has 0 aliphatic rings. The zero-order chi connectivity index (χ0) is 42.9. The molecule has 0 saturated carbocycles. The molecule has 0 bridgehead atoms. The van der Waals surface area contributed by atoms with Crippen LogP contribution in [-0.2, 0) is 0 Å². The van der Waals surface area contributed by atoms with Crippen molar-refractivity contribution in [3.63, 3.8) is 0 Å². The maximum Gasteiger partial charge on any atom is 0.0462 e. The van der Waals surface area contributed by atoms with E-state index in [9.17, 15) is 0 Å². The molecule has 0 unspecified atom stereocenters. The van der Waals surface area contributed by atoms with Crippen molar-refractivity contribution in [3.8, 4) is 44.5 Å². The average molecular weight is 816 g/mol. The summed E-state index contributed by atoms with van der Waals surface area (Å²) in [6.07, 6.45) is 0. The summed E-state index contributed by atoms with van der Waals surface area (Å²) in [5.74, 6) is 0. The minimum absolute atomic E-state index is 1.12. The van der Waals surface area contributed by atoms with Gasteiger partial charge in [0.1, 0.15) is 0 Å². The Bertz CT molecular complexity index is 3590. The van der Waals surface area contributed by atoms with E-state index < -0.39 is 0 Å². The van der Waals surface area contributed by atoms with Gasteiger partial charge in [0.25, 0.3) is 0 Å². The Morgan fingerprint density at radius 3 is 1.27 bits per heavy atom. The molecule has 0 atom stereocenters. The van der Waals surface area contributed by atoms with Gasteiger partial charge in [0.2, 0.25) is 0 Å². The lowest BCUT2D eigenvalue weighted by Gasteiger charge is -2.26. The number of rotatable bonds is 7. The lowest BCUT2D eigenvalue weighted by atomic mass is 9.85. The maximum atomic E-state index is 2.39. The first-order valence-corrected chi connectivity index (χ1v) is 22.3. The van der Waals surface area contributed by atoms with Gasteiger partial charge in [-0.1, -0.05) is 187 Å². The Morgan fingerprint density at radius 1 is 0.266 bits per heavy atom. The molecule has 0 spiro atoms. The minimum Gasteiger partial charge on any atom is -0.311 e. The molecule has 0 fully saturated rings. The first-order chi connectivity index (χ1) is 31.4. The number of aryl methyl sites for hydroxylation is 3. The van der Waals surface area contributed by atoms with Crippen molar-refractivity contribution >= 4 is 70.9 Å². The van der Waals surface area contributed by atoms with Crippen molar-refractivity contribution in [2.24, 2.45) is 0 Å². The zero-order valence-corrected chi connectivity index (χ0v) is 36.2. The third-order valence-corrected chi connectivity index (χ3v) is 13.4. The van der Waals surface area contributed by atoms with E-state index in [4.69, 9.17) is 0 Å². The predicted octanol–water partition coefficient (Wildman–Crippen LogP) is 18.0. The highest BCUT2D eigenvalue weighted by Crippen LogP contribution is 2.46. The molecule has 0 heterocycles. The Hall–Kier alpha value is -8.00. The molecule has 0 aliphatic heterocycles. The smallest absolute Gasteiger partial charge is 0.0462 e. The Morgan fingerprint density at radius 2 is 0.703 bits per heavy atom. The average Bonchev–Trinajstić information content (AvgIpc) is 3.34. The third kappa shape index (κ3) is 6.31. The molecule has 302 valence electrons. The van der Waals surface area contributed by atoms with E-state index in [1.807, 2.05) is 0 Å². The first kappa shape index (κ1) is 37.7. The molecular weight excluding hydrogens is 771 g/mol. The van der Waals surface area contributed by atoms with Crippen molar-refractivity contribution in [1.82, 2.24) is 0 Å². The number of benzene rings is 12. The molecule has 12 rings (SSSR count). The monoisotopic (exact) mass is 815 g/mol. The molecule has 12 aromatic rings. The van der Waals surface area contributed by atoms with Crippen LogP contribution in [0.4, 0.5) is 17.1 Å². The van der Waals surface area contributed by atoms with Gasteiger partial charge < -0.3 is 4.90 Å². The molecule has 12 aromatic carbocycles. The normalized spacial score (nSPS) is 11.7.